The third-order valence-electron chi connectivity index (χ3n) is 2.89. The molecule has 17 heavy (non-hydrogen) atoms. The van der Waals surface area contributed by atoms with Crippen LogP contribution in [-0.2, 0) is 4.74 Å². The van der Waals surface area contributed by atoms with Crippen molar-refractivity contribution in [3.8, 4) is 5.75 Å². The summed E-state index contributed by atoms with van der Waals surface area (Å²) in [5.74, 6) is 1.84. The molecule has 1 aliphatic heterocycles. The van der Waals surface area contributed by atoms with Crippen LogP contribution >= 0.6 is 11.8 Å². The summed E-state index contributed by atoms with van der Waals surface area (Å²) in [4.78, 5) is 1.14. The molecule has 94 valence electrons. The lowest BCUT2D eigenvalue weighted by Crippen LogP contribution is -2.21. The number of methoxy groups -OCH3 is 1. The second-order valence-electron chi connectivity index (χ2n) is 4.21. The molecule has 3 nitrogen and oxygen atoms in total. The van der Waals surface area contributed by atoms with Gasteiger partial charge in [0.15, 0.2) is 0 Å². The van der Waals surface area contributed by atoms with Gasteiger partial charge in [0.2, 0.25) is 0 Å². The summed E-state index contributed by atoms with van der Waals surface area (Å²) in [5.41, 5.74) is 6.46. The van der Waals surface area contributed by atoms with Crippen molar-refractivity contribution in [1.82, 2.24) is 0 Å². The van der Waals surface area contributed by atoms with Crippen molar-refractivity contribution in [3.05, 3.63) is 18.2 Å². The molecule has 4 heteroatoms. The lowest BCUT2D eigenvalue weighted by molar-refractivity contribution is 0.0315. The number of rotatable bonds is 4. The number of anilines is 1. The molecule has 0 radical (unpaired) electrons. The molecule has 1 aromatic rings. The van der Waals surface area contributed by atoms with Crippen LogP contribution in [0.2, 0.25) is 0 Å². The zero-order chi connectivity index (χ0) is 12.1. The van der Waals surface area contributed by atoms with Gasteiger partial charge in [-0.3, -0.25) is 0 Å². The van der Waals surface area contributed by atoms with Gasteiger partial charge in [0.05, 0.1) is 13.2 Å². The standard InChI is InChI=1S/C13H19NO2S/c1-15-12-8-10(14)5-6-13(12)17-9-11-4-2-3-7-16-11/h5-6,8,11H,2-4,7,9,14H2,1H3. The van der Waals surface area contributed by atoms with Crippen molar-refractivity contribution in [1.29, 1.82) is 0 Å². The van der Waals surface area contributed by atoms with Crippen LogP contribution in [0.1, 0.15) is 19.3 Å². The van der Waals surface area contributed by atoms with E-state index in [4.69, 9.17) is 15.2 Å². The van der Waals surface area contributed by atoms with Gasteiger partial charge in [-0.15, -0.1) is 11.8 Å². The Morgan fingerprint density at radius 2 is 2.35 bits per heavy atom. The SMILES string of the molecule is COc1cc(N)ccc1SCC1CCCCO1. The molecule has 1 unspecified atom stereocenters. The van der Waals surface area contributed by atoms with E-state index in [1.165, 1.54) is 19.3 Å². The Kier molecular flexibility index (Phi) is 4.57. The second kappa shape index (κ2) is 6.17. The van der Waals surface area contributed by atoms with Gasteiger partial charge in [-0.25, -0.2) is 0 Å². The van der Waals surface area contributed by atoms with Crippen molar-refractivity contribution in [2.45, 2.75) is 30.3 Å². The number of ether oxygens (including phenoxy) is 2. The number of hydrogen-bond donors (Lipinski definition) is 1. The highest BCUT2D eigenvalue weighted by Gasteiger charge is 2.15. The third kappa shape index (κ3) is 3.54. The van der Waals surface area contributed by atoms with Crippen molar-refractivity contribution >= 4 is 17.4 Å². The lowest BCUT2D eigenvalue weighted by Gasteiger charge is -2.22. The van der Waals surface area contributed by atoms with Gasteiger partial charge < -0.3 is 15.2 Å². The van der Waals surface area contributed by atoms with Crippen LogP contribution in [0.4, 0.5) is 5.69 Å². The van der Waals surface area contributed by atoms with E-state index in [9.17, 15) is 0 Å². The number of hydrogen-bond acceptors (Lipinski definition) is 4. The van der Waals surface area contributed by atoms with E-state index >= 15 is 0 Å². The Bertz CT molecular complexity index is 364. The maximum Gasteiger partial charge on any atom is 0.134 e. The summed E-state index contributed by atoms with van der Waals surface area (Å²) in [5, 5.41) is 0. The summed E-state index contributed by atoms with van der Waals surface area (Å²) in [7, 11) is 1.68. The summed E-state index contributed by atoms with van der Waals surface area (Å²) < 4.78 is 11.0. The summed E-state index contributed by atoms with van der Waals surface area (Å²) >= 11 is 1.78. The Hall–Kier alpha value is -0.870. The van der Waals surface area contributed by atoms with E-state index in [2.05, 4.69) is 0 Å². The first kappa shape index (κ1) is 12.6. The average Bonchev–Trinajstić information content (AvgIpc) is 2.38. The van der Waals surface area contributed by atoms with Crippen molar-refractivity contribution in [3.63, 3.8) is 0 Å². The van der Waals surface area contributed by atoms with Crippen LogP contribution in [0.5, 0.6) is 5.75 Å². The van der Waals surface area contributed by atoms with E-state index in [-0.39, 0.29) is 0 Å². The molecule has 0 amide bonds. The van der Waals surface area contributed by atoms with Gasteiger partial charge in [0, 0.05) is 29.0 Å². The maximum atomic E-state index is 5.73. The molecule has 0 aliphatic carbocycles. The van der Waals surface area contributed by atoms with Gasteiger partial charge in [-0.05, 0) is 31.4 Å². The van der Waals surface area contributed by atoms with Crippen LogP contribution < -0.4 is 10.5 Å². The largest absolute Gasteiger partial charge is 0.496 e. The van der Waals surface area contributed by atoms with Crippen LogP contribution in [0.15, 0.2) is 23.1 Å². The number of benzene rings is 1. The van der Waals surface area contributed by atoms with Crippen LogP contribution in [-0.4, -0.2) is 25.6 Å². The number of nitrogens with two attached hydrogens (primary N) is 1. The minimum absolute atomic E-state index is 0.385. The van der Waals surface area contributed by atoms with E-state index in [1.54, 1.807) is 18.9 Å². The quantitative estimate of drug-likeness (QED) is 0.662. The van der Waals surface area contributed by atoms with Gasteiger partial charge in [0.25, 0.3) is 0 Å². The highest BCUT2D eigenvalue weighted by Crippen LogP contribution is 2.32. The molecule has 2 rings (SSSR count). The molecule has 0 spiro atoms. The molecular formula is C13H19NO2S. The molecule has 2 N–H and O–H groups in total. The smallest absolute Gasteiger partial charge is 0.134 e. The maximum absolute atomic E-state index is 5.73. The van der Waals surface area contributed by atoms with Crippen molar-refractivity contribution < 1.29 is 9.47 Å². The van der Waals surface area contributed by atoms with Crippen LogP contribution in [0.25, 0.3) is 0 Å². The number of thioether (sulfide) groups is 1. The van der Waals surface area contributed by atoms with E-state index in [0.29, 0.717) is 6.10 Å². The monoisotopic (exact) mass is 253 g/mol. The first-order chi connectivity index (χ1) is 8.29. The van der Waals surface area contributed by atoms with Crippen molar-refractivity contribution in [2.75, 3.05) is 25.2 Å². The van der Waals surface area contributed by atoms with Gasteiger partial charge in [-0.2, -0.15) is 0 Å². The topological polar surface area (TPSA) is 44.5 Å². The van der Waals surface area contributed by atoms with Gasteiger partial charge in [0.1, 0.15) is 5.75 Å². The minimum atomic E-state index is 0.385. The predicted octanol–water partition coefficient (Wildman–Crippen LogP) is 2.94. The fraction of sp³-hybridized carbons (Fsp3) is 0.538. The zero-order valence-corrected chi connectivity index (χ0v) is 11.0. The summed E-state index contributed by atoms with van der Waals surface area (Å²) in [6, 6.07) is 5.79. The zero-order valence-electron chi connectivity index (χ0n) is 10.1. The molecular weight excluding hydrogens is 234 g/mol. The third-order valence-corrected chi connectivity index (χ3v) is 4.07. The average molecular weight is 253 g/mol. The summed E-state index contributed by atoms with van der Waals surface area (Å²) in [6.07, 6.45) is 4.04. The Morgan fingerprint density at radius 3 is 3.06 bits per heavy atom. The van der Waals surface area contributed by atoms with E-state index < -0.39 is 0 Å². The van der Waals surface area contributed by atoms with Crippen LogP contribution in [0, 0.1) is 0 Å². The Morgan fingerprint density at radius 1 is 1.47 bits per heavy atom. The second-order valence-corrected chi connectivity index (χ2v) is 5.27. The molecule has 1 fully saturated rings. The molecule has 0 bridgehead atoms. The predicted molar refractivity (Wildman–Crippen MR) is 71.7 cm³/mol. The van der Waals surface area contributed by atoms with Gasteiger partial charge in [-0.1, -0.05) is 0 Å². The fourth-order valence-corrected chi connectivity index (χ4v) is 3.00. The lowest BCUT2D eigenvalue weighted by atomic mass is 10.1. The van der Waals surface area contributed by atoms with Crippen molar-refractivity contribution in [2.24, 2.45) is 0 Å². The normalized spacial score (nSPS) is 20.2. The van der Waals surface area contributed by atoms with E-state index in [0.717, 1.165) is 28.7 Å². The number of nitrogen functional groups attached to an aromatic ring is 1. The minimum Gasteiger partial charge on any atom is -0.496 e. The molecule has 1 saturated heterocycles. The van der Waals surface area contributed by atoms with E-state index in [1.807, 2.05) is 18.2 Å². The Balaban J connectivity index is 1.93. The molecule has 1 heterocycles. The Labute approximate surface area is 107 Å². The first-order valence-corrected chi connectivity index (χ1v) is 6.96. The molecule has 0 aromatic heterocycles. The molecule has 1 aliphatic rings. The molecule has 1 aromatic carbocycles. The molecule has 1 atom stereocenters. The highest BCUT2D eigenvalue weighted by atomic mass is 32.2. The van der Waals surface area contributed by atoms with Crippen LogP contribution in [0.3, 0.4) is 0 Å². The highest BCUT2D eigenvalue weighted by molar-refractivity contribution is 7.99. The fourth-order valence-electron chi connectivity index (χ4n) is 1.92. The molecule has 0 saturated carbocycles. The van der Waals surface area contributed by atoms with Gasteiger partial charge >= 0.3 is 0 Å². The first-order valence-electron chi connectivity index (χ1n) is 5.97. The summed E-state index contributed by atoms with van der Waals surface area (Å²) in [6.45, 7) is 0.907.